The van der Waals surface area contributed by atoms with Crippen LogP contribution in [0, 0.1) is 11.8 Å². The highest BCUT2D eigenvalue weighted by Gasteiger charge is 2.32. The van der Waals surface area contributed by atoms with Gasteiger partial charge in [-0.25, -0.2) is 23.2 Å². The van der Waals surface area contributed by atoms with Crippen LogP contribution in [0.2, 0.25) is 0 Å². The van der Waals surface area contributed by atoms with Gasteiger partial charge in [0.05, 0.1) is 35.0 Å². The SMILES string of the molecule is COC(=O)[C@@H](CC(=O)[C@H](C(C)C)n1cc(COc2ccc3nc(S(N)(=O)=O)sc3c2)nn1)Cc1ccc(C(F)(F)F)cc1. The molecule has 2 atom stereocenters. The molecule has 230 valence electrons. The number of carbonyl (C=O) groups is 2. The van der Waals surface area contributed by atoms with Gasteiger partial charge in [0.15, 0.2) is 5.78 Å². The standard InChI is InChI=1S/C27H28F3N5O6S2/c1-15(2)24(22(36)11-17(25(37)40-3)10-16-4-6-18(7-5-16)27(28,29)30)35-13-19(33-34-35)14-41-20-8-9-21-23(12-20)42-26(32-21)43(31,38)39/h4-9,12-13,15,17,24H,10-11,14H2,1-3H3,(H2,31,38,39)/t17-,24+/m1/s1. The number of nitrogens with two attached hydrogens (primary N) is 1. The maximum atomic E-state index is 13.4. The number of primary sulfonamides is 1. The number of halogens is 3. The first-order valence-electron chi connectivity index (χ1n) is 12.9. The Morgan fingerprint density at radius 3 is 2.42 bits per heavy atom. The lowest BCUT2D eigenvalue weighted by atomic mass is 9.89. The monoisotopic (exact) mass is 639 g/mol. The van der Waals surface area contributed by atoms with Gasteiger partial charge in [-0.2, -0.15) is 13.2 Å². The number of carbonyl (C=O) groups excluding carboxylic acids is 2. The van der Waals surface area contributed by atoms with Gasteiger partial charge in [-0.15, -0.1) is 16.4 Å². The van der Waals surface area contributed by atoms with Crippen molar-refractivity contribution in [2.75, 3.05) is 7.11 Å². The van der Waals surface area contributed by atoms with Crippen molar-refractivity contribution < 1.29 is 40.7 Å². The van der Waals surface area contributed by atoms with Crippen LogP contribution >= 0.6 is 11.3 Å². The second kappa shape index (κ2) is 12.8. The van der Waals surface area contributed by atoms with Crippen LogP contribution in [0.4, 0.5) is 13.2 Å². The van der Waals surface area contributed by atoms with Gasteiger partial charge in [-0.05, 0) is 48.2 Å². The molecule has 0 saturated heterocycles. The molecule has 16 heteroatoms. The van der Waals surface area contributed by atoms with E-state index in [0.717, 1.165) is 23.5 Å². The number of esters is 1. The average Bonchev–Trinajstić information content (AvgIpc) is 3.58. The number of nitrogens with zero attached hydrogens (tertiary/aromatic N) is 4. The Bertz CT molecular complexity index is 1720. The molecule has 2 heterocycles. The van der Waals surface area contributed by atoms with Crippen LogP contribution in [0.15, 0.2) is 53.0 Å². The van der Waals surface area contributed by atoms with E-state index in [1.165, 1.54) is 23.9 Å². The van der Waals surface area contributed by atoms with E-state index in [-0.39, 0.29) is 35.5 Å². The maximum Gasteiger partial charge on any atom is 0.416 e. The molecule has 0 aliphatic carbocycles. The molecule has 0 aliphatic heterocycles. The summed E-state index contributed by atoms with van der Waals surface area (Å²) >= 11 is 0.913. The number of aromatic nitrogens is 4. The van der Waals surface area contributed by atoms with Crippen molar-refractivity contribution in [1.82, 2.24) is 20.0 Å². The second-order valence-electron chi connectivity index (χ2n) is 10.1. The first kappa shape index (κ1) is 32.0. The summed E-state index contributed by atoms with van der Waals surface area (Å²) in [6.45, 7) is 3.61. The quantitative estimate of drug-likeness (QED) is 0.223. The number of alkyl halides is 3. The zero-order valence-corrected chi connectivity index (χ0v) is 24.9. The van der Waals surface area contributed by atoms with Crippen molar-refractivity contribution in [3.63, 3.8) is 0 Å². The highest BCUT2D eigenvalue weighted by molar-refractivity contribution is 7.91. The number of hydrogen-bond acceptors (Lipinski definition) is 10. The Balaban J connectivity index is 1.44. The van der Waals surface area contributed by atoms with E-state index in [9.17, 15) is 31.2 Å². The zero-order chi connectivity index (χ0) is 31.5. The number of rotatable bonds is 12. The van der Waals surface area contributed by atoms with Crippen LogP contribution in [-0.2, 0) is 43.6 Å². The van der Waals surface area contributed by atoms with Crippen molar-refractivity contribution in [1.29, 1.82) is 0 Å². The van der Waals surface area contributed by atoms with Gasteiger partial charge in [0.1, 0.15) is 24.1 Å². The molecule has 2 aromatic carbocycles. The van der Waals surface area contributed by atoms with Crippen molar-refractivity contribution in [3.05, 3.63) is 65.5 Å². The molecule has 2 N–H and O–H groups in total. The van der Waals surface area contributed by atoms with Crippen LogP contribution < -0.4 is 9.88 Å². The minimum atomic E-state index is -4.49. The minimum Gasteiger partial charge on any atom is -0.487 e. The lowest BCUT2D eigenvalue weighted by Gasteiger charge is -2.22. The number of sulfonamides is 1. The fourth-order valence-electron chi connectivity index (χ4n) is 4.48. The number of methoxy groups -OCH3 is 1. The molecule has 11 nitrogen and oxygen atoms in total. The molecule has 43 heavy (non-hydrogen) atoms. The normalized spacial score (nSPS) is 13.7. The summed E-state index contributed by atoms with van der Waals surface area (Å²) in [4.78, 5) is 30.0. The van der Waals surface area contributed by atoms with Crippen molar-refractivity contribution in [2.45, 2.75) is 49.9 Å². The molecule has 0 amide bonds. The number of ether oxygens (including phenoxy) is 2. The third-order valence-corrected chi connectivity index (χ3v) is 8.86. The zero-order valence-electron chi connectivity index (χ0n) is 23.2. The number of fused-ring (bicyclic) bond motifs is 1. The number of hydrogen-bond donors (Lipinski definition) is 1. The molecule has 0 fully saturated rings. The Morgan fingerprint density at radius 1 is 1.12 bits per heavy atom. The fraction of sp³-hybridized carbons (Fsp3) is 0.370. The van der Waals surface area contributed by atoms with E-state index in [2.05, 4.69) is 15.3 Å². The van der Waals surface area contributed by atoms with E-state index < -0.39 is 39.7 Å². The molecule has 4 rings (SSSR count). The molecular formula is C27H28F3N5O6S2. The summed E-state index contributed by atoms with van der Waals surface area (Å²) in [5, 5.41) is 13.3. The van der Waals surface area contributed by atoms with Crippen molar-refractivity contribution in [3.8, 4) is 5.75 Å². The molecule has 0 spiro atoms. The predicted molar refractivity (Wildman–Crippen MR) is 150 cm³/mol. The molecule has 4 aromatic rings. The molecular weight excluding hydrogens is 611 g/mol. The van der Waals surface area contributed by atoms with Gasteiger partial charge in [0.25, 0.3) is 10.0 Å². The highest BCUT2D eigenvalue weighted by Crippen LogP contribution is 2.31. The summed E-state index contributed by atoms with van der Waals surface area (Å²) in [7, 11) is -2.75. The summed E-state index contributed by atoms with van der Waals surface area (Å²) in [5.74, 6) is -1.71. The molecule has 0 bridgehead atoms. The highest BCUT2D eigenvalue weighted by atomic mass is 32.2. The third kappa shape index (κ3) is 7.94. The van der Waals surface area contributed by atoms with Crippen molar-refractivity contribution in [2.24, 2.45) is 17.0 Å². The Kier molecular flexibility index (Phi) is 9.51. The van der Waals surface area contributed by atoms with Crippen LogP contribution in [0.5, 0.6) is 5.75 Å². The lowest BCUT2D eigenvalue weighted by molar-refractivity contribution is -0.147. The molecule has 2 aromatic heterocycles. The number of thiazole rings is 1. The molecule has 0 unspecified atom stereocenters. The van der Waals surface area contributed by atoms with E-state index in [0.29, 0.717) is 27.2 Å². The van der Waals surface area contributed by atoms with Crippen molar-refractivity contribution >= 4 is 43.3 Å². The average molecular weight is 640 g/mol. The van der Waals surface area contributed by atoms with Gasteiger partial charge in [0, 0.05) is 6.42 Å². The maximum absolute atomic E-state index is 13.4. The van der Waals surface area contributed by atoms with Gasteiger partial charge in [0.2, 0.25) is 4.34 Å². The van der Waals surface area contributed by atoms with Crippen LogP contribution in [-0.4, -0.2) is 47.3 Å². The predicted octanol–water partition coefficient (Wildman–Crippen LogP) is 4.32. The Morgan fingerprint density at radius 2 is 1.81 bits per heavy atom. The van der Waals surface area contributed by atoms with E-state index in [1.807, 2.05) is 13.8 Å². The van der Waals surface area contributed by atoms with E-state index in [4.69, 9.17) is 14.6 Å². The first-order chi connectivity index (χ1) is 20.2. The lowest BCUT2D eigenvalue weighted by Crippen LogP contribution is -2.30. The van der Waals surface area contributed by atoms with Crippen LogP contribution in [0.1, 0.15) is 43.1 Å². The summed E-state index contributed by atoms with van der Waals surface area (Å²) in [5.41, 5.74) is 0.500. The third-order valence-electron chi connectivity index (χ3n) is 6.52. The largest absolute Gasteiger partial charge is 0.487 e. The van der Waals surface area contributed by atoms with Gasteiger partial charge in [-0.1, -0.05) is 31.2 Å². The second-order valence-corrected chi connectivity index (χ2v) is 12.9. The fourth-order valence-corrected chi connectivity index (χ4v) is 6.16. The first-order valence-corrected chi connectivity index (χ1v) is 15.3. The van der Waals surface area contributed by atoms with Gasteiger partial charge >= 0.3 is 12.1 Å². The molecule has 0 radical (unpaired) electrons. The summed E-state index contributed by atoms with van der Waals surface area (Å²) in [6.07, 6.45) is -3.15. The Hall–Kier alpha value is -3.89. The summed E-state index contributed by atoms with van der Waals surface area (Å²) in [6, 6.07) is 8.46. The number of ketones is 1. The number of benzene rings is 2. The van der Waals surface area contributed by atoms with Gasteiger partial charge < -0.3 is 9.47 Å². The Labute approximate surface area is 248 Å². The van der Waals surface area contributed by atoms with E-state index in [1.54, 1.807) is 24.4 Å². The molecule has 0 aliphatic rings. The number of Topliss-reactive ketones (excluding diaryl/α,β-unsaturated/α-hetero) is 1. The minimum absolute atomic E-state index is 0.00985. The topological polar surface area (TPSA) is 156 Å². The summed E-state index contributed by atoms with van der Waals surface area (Å²) < 4.78 is 74.3. The van der Waals surface area contributed by atoms with Gasteiger partial charge in [-0.3, -0.25) is 9.59 Å². The van der Waals surface area contributed by atoms with Crippen LogP contribution in [0.25, 0.3) is 10.2 Å². The van der Waals surface area contributed by atoms with Crippen LogP contribution in [0.3, 0.4) is 0 Å². The van der Waals surface area contributed by atoms with E-state index >= 15 is 0 Å². The smallest absolute Gasteiger partial charge is 0.416 e. The molecule has 0 saturated carbocycles.